The van der Waals surface area contributed by atoms with Crippen molar-refractivity contribution in [2.75, 3.05) is 57.1 Å². The van der Waals surface area contributed by atoms with Crippen LogP contribution in [0.5, 0.6) is 5.75 Å². The van der Waals surface area contributed by atoms with Crippen molar-refractivity contribution in [2.24, 2.45) is 0 Å². The zero-order valence-corrected chi connectivity index (χ0v) is 20.9. The average Bonchev–Trinajstić information content (AvgIpc) is 2.94. The molecular formula is C27H31N7O3. The first-order chi connectivity index (χ1) is 18.2. The van der Waals surface area contributed by atoms with Gasteiger partial charge in [0.05, 0.1) is 37.8 Å². The number of hydrogen-bond donors (Lipinski definition) is 3. The van der Waals surface area contributed by atoms with Crippen LogP contribution in [0.1, 0.15) is 23.1 Å². The number of pyridine rings is 1. The van der Waals surface area contributed by atoms with Crippen molar-refractivity contribution >= 4 is 17.7 Å². The van der Waals surface area contributed by atoms with E-state index in [4.69, 9.17) is 9.47 Å². The fraction of sp³-hybridized carbons (Fsp3) is 0.333. The minimum atomic E-state index is -0.348. The molecule has 10 heteroatoms. The molecule has 0 saturated carbocycles. The topological polar surface area (TPSA) is 114 Å². The van der Waals surface area contributed by atoms with Gasteiger partial charge < -0.3 is 25.4 Å². The van der Waals surface area contributed by atoms with Gasteiger partial charge in [0, 0.05) is 55.9 Å². The first kappa shape index (κ1) is 25.9. The van der Waals surface area contributed by atoms with Gasteiger partial charge >= 0.3 is 6.03 Å². The first-order valence-corrected chi connectivity index (χ1v) is 12.2. The number of hydrogen-bond acceptors (Lipinski definition) is 8. The van der Waals surface area contributed by atoms with Crippen LogP contribution in [0, 0.1) is 11.8 Å². The van der Waals surface area contributed by atoms with Gasteiger partial charge in [-0.05, 0) is 25.1 Å². The van der Waals surface area contributed by atoms with E-state index in [1.54, 1.807) is 38.0 Å². The van der Waals surface area contributed by atoms with Crippen molar-refractivity contribution in [2.45, 2.75) is 13.0 Å². The van der Waals surface area contributed by atoms with Gasteiger partial charge in [-0.15, -0.1) is 0 Å². The molecule has 0 bridgehead atoms. The number of amides is 2. The number of nitrogens with zero attached hydrogens (tertiary/aromatic N) is 4. The smallest absolute Gasteiger partial charge is 0.319 e. The summed E-state index contributed by atoms with van der Waals surface area (Å²) in [5.41, 5.74) is 2.77. The quantitative estimate of drug-likeness (QED) is 0.303. The predicted octanol–water partition coefficient (Wildman–Crippen LogP) is 2.74. The molecule has 0 unspecified atom stereocenters. The lowest BCUT2D eigenvalue weighted by Crippen LogP contribution is -2.37. The van der Waals surface area contributed by atoms with E-state index in [0.29, 0.717) is 29.3 Å². The number of morpholine rings is 1. The maximum atomic E-state index is 12.3. The second-order valence-electron chi connectivity index (χ2n) is 8.36. The molecule has 1 aliphatic heterocycles. The molecule has 10 nitrogen and oxygen atoms in total. The summed E-state index contributed by atoms with van der Waals surface area (Å²) in [4.78, 5) is 27.6. The fourth-order valence-electron chi connectivity index (χ4n) is 3.73. The van der Waals surface area contributed by atoms with Crippen LogP contribution in [0.25, 0.3) is 0 Å². The SMILES string of the molecule is COc1ccccc1CNC(=O)Nc1cncc(C#Cc2cnc(NCCCN3CCOCC3)nc2)c1. The van der Waals surface area contributed by atoms with Crippen LogP contribution >= 0.6 is 0 Å². The van der Waals surface area contributed by atoms with E-state index >= 15 is 0 Å². The van der Waals surface area contributed by atoms with Gasteiger partial charge in [-0.2, -0.15) is 0 Å². The number of benzene rings is 1. The van der Waals surface area contributed by atoms with Crippen molar-refractivity contribution in [3.05, 3.63) is 71.8 Å². The molecule has 192 valence electrons. The minimum absolute atomic E-state index is 0.335. The summed E-state index contributed by atoms with van der Waals surface area (Å²) in [6, 6.07) is 8.94. The van der Waals surface area contributed by atoms with E-state index < -0.39 is 0 Å². The molecule has 3 heterocycles. The second-order valence-corrected chi connectivity index (χ2v) is 8.36. The Labute approximate surface area is 216 Å². The number of methoxy groups -OCH3 is 1. The van der Waals surface area contributed by atoms with E-state index in [1.807, 2.05) is 24.3 Å². The van der Waals surface area contributed by atoms with Crippen LogP contribution in [0.15, 0.2) is 55.1 Å². The van der Waals surface area contributed by atoms with Crippen molar-refractivity contribution in [3.63, 3.8) is 0 Å². The van der Waals surface area contributed by atoms with Gasteiger partial charge in [-0.25, -0.2) is 14.8 Å². The Morgan fingerprint density at radius 1 is 1.08 bits per heavy atom. The molecule has 0 radical (unpaired) electrons. The first-order valence-electron chi connectivity index (χ1n) is 12.2. The van der Waals surface area contributed by atoms with E-state index in [2.05, 4.69) is 47.6 Å². The molecule has 2 aromatic heterocycles. The fourth-order valence-corrected chi connectivity index (χ4v) is 3.73. The maximum Gasteiger partial charge on any atom is 0.319 e. The number of nitrogens with one attached hydrogen (secondary N) is 3. The molecule has 0 spiro atoms. The predicted molar refractivity (Wildman–Crippen MR) is 141 cm³/mol. The molecule has 3 N–H and O–H groups in total. The Morgan fingerprint density at radius 2 is 1.86 bits per heavy atom. The summed E-state index contributed by atoms with van der Waals surface area (Å²) in [5, 5.41) is 8.84. The third-order valence-electron chi connectivity index (χ3n) is 5.67. The minimum Gasteiger partial charge on any atom is -0.496 e. The Bertz CT molecular complexity index is 1220. The van der Waals surface area contributed by atoms with Crippen LogP contribution in [-0.4, -0.2) is 72.4 Å². The average molecular weight is 502 g/mol. The maximum absolute atomic E-state index is 12.3. The summed E-state index contributed by atoms with van der Waals surface area (Å²) in [5.74, 6) is 7.38. The van der Waals surface area contributed by atoms with Crippen LogP contribution in [0.3, 0.4) is 0 Å². The molecular weight excluding hydrogens is 470 g/mol. The number of rotatable bonds is 9. The van der Waals surface area contributed by atoms with E-state index in [0.717, 1.165) is 57.1 Å². The molecule has 4 rings (SSSR count). The summed E-state index contributed by atoms with van der Waals surface area (Å²) in [7, 11) is 1.60. The highest BCUT2D eigenvalue weighted by molar-refractivity contribution is 5.89. The number of carbonyl (C=O) groups excluding carboxylic acids is 1. The zero-order valence-electron chi connectivity index (χ0n) is 20.9. The molecule has 3 aromatic rings. The summed E-state index contributed by atoms with van der Waals surface area (Å²) in [6.45, 7) is 5.80. The molecule has 1 aliphatic rings. The number of para-hydroxylation sites is 1. The van der Waals surface area contributed by atoms with Crippen molar-refractivity contribution in [3.8, 4) is 17.6 Å². The van der Waals surface area contributed by atoms with Gasteiger partial charge in [-0.1, -0.05) is 30.0 Å². The summed E-state index contributed by atoms with van der Waals surface area (Å²) in [6.07, 6.45) is 7.59. The highest BCUT2D eigenvalue weighted by atomic mass is 16.5. The molecule has 37 heavy (non-hydrogen) atoms. The van der Waals surface area contributed by atoms with Crippen LogP contribution in [-0.2, 0) is 11.3 Å². The Balaban J connectivity index is 1.23. The summed E-state index contributed by atoms with van der Waals surface area (Å²) < 4.78 is 10.7. The van der Waals surface area contributed by atoms with E-state index in [-0.39, 0.29) is 6.03 Å². The van der Waals surface area contributed by atoms with Crippen LogP contribution in [0.2, 0.25) is 0 Å². The van der Waals surface area contributed by atoms with Crippen molar-refractivity contribution in [1.29, 1.82) is 0 Å². The molecule has 1 aromatic carbocycles. The van der Waals surface area contributed by atoms with Crippen molar-refractivity contribution in [1.82, 2.24) is 25.2 Å². The lowest BCUT2D eigenvalue weighted by atomic mass is 10.2. The molecule has 1 fully saturated rings. The standard InChI is InChI=1S/C27H31N7O3/c1-36-25-6-3-2-5-23(25)19-32-27(35)33-24-15-21(16-28-20-24)7-8-22-17-30-26(31-18-22)29-9-4-10-34-11-13-37-14-12-34/h2-3,5-6,15-18,20H,4,9-14,19H2,1H3,(H,29,30,31)(H2,32,33,35). The highest BCUT2D eigenvalue weighted by Crippen LogP contribution is 2.16. The van der Waals surface area contributed by atoms with Gasteiger partial charge in [0.25, 0.3) is 0 Å². The summed E-state index contributed by atoms with van der Waals surface area (Å²) >= 11 is 0. The molecule has 0 atom stereocenters. The number of urea groups is 1. The van der Waals surface area contributed by atoms with E-state index in [9.17, 15) is 4.79 Å². The van der Waals surface area contributed by atoms with Gasteiger partial charge in [0.2, 0.25) is 5.95 Å². The number of aromatic nitrogens is 3. The highest BCUT2D eigenvalue weighted by Gasteiger charge is 2.09. The number of carbonyl (C=O) groups is 1. The molecule has 2 amide bonds. The number of anilines is 2. The van der Waals surface area contributed by atoms with Gasteiger partial charge in [0.15, 0.2) is 0 Å². The molecule has 0 aliphatic carbocycles. The van der Waals surface area contributed by atoms with Gasteiger partial charge in [-0.3, -0.25) is 9.88 Å². The normalized spacial score (nSPS) is 13.2. The lowest BCUT2D eigenvalue weighted by Gasteiger charge is -2.26. The zero-order chi connectivity index (χ0) is 25.7. The van der Waals surface area contributed by atoms with Crippen LogP contribution in [0.4, 0.5) is 16.4 Å². The van der Waals surface area contributed by atoms with E-state index in [1.165, 1.54) is 0 Å². The molecule has 1 saturated heterocycles. The third-order valence-corrected chi connectivity index (χ3v) is 5.67. The van der Waals surface area contributed by atoms with Gasteiger partial charge in [0.1, 0.15) is 5.75 Å². The van der Waals surface area contributed by atoms with Crippen molar-refractivity contribution < 1.29 is 14.3 Å². The number of ether oxygens (including phenoxy) is 2. The second kappa shape index (κ2) is 13.8. The van der Waals surface area contributed by atoms with Crippen LogP contribution < -0.4 is 20.7 Å². The Kier molecular flexibility index (Phi) is 9.63. The Morgan fingerprint density at radius 3 is 2.68 bits per heavy atom. The lowest BCUT2D eigenvalue weighted by molar-refractivity contribution is 0.0378. The largest absolute Gasteiger partial charge is 0.496 e. The third kappa shape index (κ3) is 8.45. The Hall–Kier alpha value is -4.20. The monoisotopic (exact) mass is 501 g/mol.